The van der Waals surface area contributed by atoms with Gasteiger partial charge >= 0.3 is 0 Å². The van der Waals surface area contributed by atoms with Crippen molar-refractivity contribution in [1.29, 1.82) is 0 Å². The van der Waals surface area contributed by atoms with Crippen molar-refractivity contribution in [3.63, 3.8) is 0 Å². The van der Waals surface area contributed by atoms with Gasteiger partial charge in [0.05, 0.1) is 10.4 Å². The first-order valence-corrected chi connectivity index (χ1v) is 6.26. The van der Waals surface area contributed by atoms with E-state index < -0.39 is 5.82 Å². The molecule has 1 unspecified atom stereocenters. The summed E-state index contributed by atoms with van der Waals surface area (Å²) in [5, 5.41) is 12.2. The SMILES string of the molecule is CC(Nc1ccc(O)c(F)c1)c1ccc(Cl)s1. The van der Waals surface area contributed by atoms with Crippen LogP contribution in [0.3, 0.4) is 0 Å². The van der Waals surface area contributed by atoms with Crippen LogP contribution in [0.25, 0.3) is 0 Å². The van der Waals surface area contributed by atoms with Crippen LogP contribution in [0.15, 0.2) is 30.3 Å². The predicted octanol–water partition coefficient (Wildman–Crippen LogP) is 4.42. The molecule has 0 saturated carbocycles. The van der Waals surface area contributed by atoms with Crippen molar-refractivity contribution in [2.75, 3.05) is 5.32 Å². The van der Waals surface area contributed by atoms with Gasteiger partial charge in [0.25, 0.3) is 0 Å². The van der Waals surface area contributed by atoms with E-state index >= 15 is 0 Å². The predicted molar refractivity (Wildman–Crippen MR) is 69.4 cm³/mol. The van der Waals surface area contributed by atoms with Crippen molar-refractivity contribution in [2.45, 2.75) is 13.0 Å². The van der Waals surface area contributed by atoms with Gasteiger partial charge in [-0.1, -0.05) is 11.6 Å². The van der Waals surface area contributed by atoms with E-state index in [1.54, 1.807) is 6.07 Å². The van der Waals surface area contributed by atoms with Gasteiger partial charge in [0.2, 0.25) is 0 Å². The van der Waals surface area contributed by atoms with Gasteiger partial charge < -0.3 is 10.4 Å². The number of benzene rings is 1. The van der Waals surface area contributed by atoms with E-state index in [0.717, 1.165) is 9.21 Å². The largest absolute Gasteiger partial charge is 0.505 e. The third-order valence-electron chi connectivity index (χ3n) is 2.35. The molecule has 0 aliphatic carbocycles. The number of thiophene rings is 1. The fraction of sp³-hybridized carbons (Fsp3) is 0.167. The number of phenolic OH excluding ortho intramolecular Hbond substituents is 1. The molecular formula is C12H11ClFNOS. The van der Waals surface area contributed by atoms with Crippen LogP contribution < -0.4 is 5.32 Å². The zero-order valence-electron chi connectivity index (χ0n) is 9.08. The van der Waals surface area contributed by atoms with E-state index in [1.165, 1.54) is 23.5 Å². The molecule has 1 atom stereocenters. The molecular weight excluding hydrogens is 261 g/mol. The van der Waals surface area contributed by atoms with Crippen molar-refractivity contribution in [2.24, 2.45) is 0 Å². The summed E-state index contributed by atoms with van der Waals surface area (Å²) in [7, 11) is 0. The maximum absolute atomic E-state index is 13.1. The minimum Gasteiger partial charge on any atom is -0.505 e. The number of hydrogen-bond acceptors (Lipinski definition) is 3. The molecule has 2 N–H and O–H groups in total. The molecule has 0 bridgehead atoms. The Kier molecular flexibility index (Phi) is 3.54. The number of hydrogen-bond donors (Lipinski definition) is 2. The molecule has 2 aromatic rings. The van der Waals surface area contributed by atoms with Gasteiger partial charge in [0.15, 0.2) is 11.6 Å². The van der Waals surface area contributed by atoms with Crippen molar-refractivity contribution < 1.29 is 9.50 Å². The van der Waals surface area contributed by atoms with Gasteiger partial charge in [0, 0.05) is 16.6 Å². The Bertz CT molecular complexity index is 529. The molecule has 1 aromatic heterocycles. The van der Waals surface area contributed by atoms with Crippen LogP contribution in [0.4, 0.5) is 10.1 Å². The maximum Gasteiger partial charge on any atom is 0.166 e. The van der Waals surface area contributed by atoms with Crippen LogP contribution >= 0.6 is 22.9 Å². The first kappa shape index (κ1) is 12.2. The fourth-order valence-corrected chi connectivity index (χ4v) is 2.54. The van der Waals surface area contributed by atoms with Crippen molar-refractivity contribution >= 4 is 28.6 Å². The molecule has 0 aliphatic rings. The van der Waals surface area contributed by atoms with Crippen molar-refractivity contribution in [1.82, 2.24) is 0 Å². The molecule has 0 spiro atoms. The lowest BCUT2D eigenvalue weighted by Gasteiger charge is -2.13. The van der Waals surface area contributed by atoms with Gasteiger partial charge in [-0.15, -0.1) is 11.3 Å². The van der Waals surface area contributed by atoms with E-state index in [1.807, 2.05) is 19.1 Å². The van der Waals surface area contributed by atoms with E-state index in [9.17, 15) is 4.39 Å². The molecule has 1 heterocycles. The van der Waals surface area contributed by atoms with Gasteiger partial charge in [-0.25, -0.2) is 4.39 Å². The second-order valence-corrected chi connectivity index (χ2v) is 5.42. The highest BCUT2D eigenvalue weighted by Crippen LogP contribution is 2.29. The Balaban J connectivity index is 2.12. The first-order valence-electron chi connectivity index (χ1n) is 5.06. The smallest absolute Gasteiger partial charge is 0.166 e. The lowest BCUT2D eigenvalue weighted by Crippen LogP contribution is -2.04. The van der Waals surface area contributed by atoms with Crippen LogP contribution in [-0.2, 0) is 0 Å². The molecule has 0 radical (unpaired) electrons. The van der Waals surface area contributed by atoms with Gasteiger partial charge in [-0.05, 0) is 31.2 Å². The molecule has 17 heavy (non-hydrogen) atoms. The average Bonchev–Trinajstić information content (AvgIpc) is 2.70. The Labute approximate surface area is 108 Å². The standard InChI is InChI=1S/C12H11ClFNOS/c1-7(11-4-5-12(13)17-11)15-8-2-3-10(16)9(14)6-8/h2-7,15-16H,1H3. The minimum absolute atomic E-state index is 0.0384. The Morgan fingerprint density at radius 3 is 2.71 bits per heavy atom. The topological polar surface area (TPSA) is 32.3 Å². The molecule has 2 rings (SSSR count). The number of nitrogens with one attached hydrogen (secondary N) is 1. The normalized spacial score (nSPS) is 12.4. The summed E-state index contributed by atoms with van der Waals surface area (Å²) in [6, 6.07) is 8.02. The van der Waals surface area contributed by atoms with Crippen LogP contribution in [0.1, 0.15) is 17.8 Å². The van der Waals surface area contributed by atoms with E-state index in [4.69, 9.17) is 16.7 Å². The molecule has 2 nitrogen and oxygen atoms in total. The van der Waals surface area contributed by atoms with E-state index in [-0.39, 0.29) is 11.8 Å². The quantitative estimate of drug-likeness (QED) is 0.810. The summed E-state index contributed by atoms with van der Waals surface area (Å²) in [4.78, 5) is 1.07. The zero-order chi connectivity index (χ0) is 12.4. The van der Waals surface area contributed by atoms with E-state index in [2.05, 4.69) is 5.32 Å². The summed E-state index contributed by atoms with van der Waals surface area (Å²) in [6.07, 6.45) is 0. The number of phenols is 1. The Morgan fingerprint density at radius 2 is 2.12 bits per heavy atom. The van der Waals surface area contributed by atoms with Crippen LogP contribution in [0.5, 0.6) is 5.75 Å². The summed E-state index contributed by atoms with van der Waals surface area (Å²) in [5.74, 6) is -0.978. The second-order valence-electron chi connectivity index (χ2n) is 3.67. The third kappa shape index (κ3) is 2.90. The number of aromatic hydroxyl groups is 1. The van der Waals surface area contributed by atoms with Crippen LogP contribution in [-0.4, -0.2) is 5.11 Å². The zero-order valence-corrected chi connectivity index (χ0v) is 10.6. The van der Waals surface area contributed by atoms with E-state index in [0.29, 0.717) is 5.69 Å². The molecule has 0 saturated heterocycles. The summed E-state index contributed by atoms with van der Waals surface area (Å²) in [6.45, 7) is 1.97. The molecule has 0 aliphatic heterocycles. The number of anilines is 1. The summed E-state index contributed by atoms with van der Waals surface area (Å²) < 4.78 is 13.9. The van der Waals surface area contributed by atoms with Gasteiger partial charge in [-0.3, -0.25) is 0 Å². The minimum atomic E-state index is -0.633. The Morgan fingerprint density at radius 1 is 1.35 bits per heavy atom. The first-order chi connectivity index (χ1) is 8.06. The molecule has 5 heteroatoms. The second kappa shape index (κ2) is 4.94. The fourth-order valence-electron chi connectivity index (χ4n) is 1.48. The molecule has 1 aromatic carbocycles. The maximum atomic E-state index is 13.1. The summed E-state index contributed by atoms with van der Waals surface area (Å²) >= 11 is 7.33. The highest BCUT2D eigenvalue weighted by Gasteiger charge is 2.09. The van der Waals surface area contributed by atoms with Crippen LogP contribution in [0.2, 0.25) is 4.34 Å². The average molecular weight is 272 g/mol. The lowest BCUT2D eigenvalue weighted by atomic mass is 10.2. The molecule has 0 amide bonds. The Hall–Kier alpha value is -1.26. The highest BCUT2D eigenvalue weighted by atomic mass is 35.5. The number of rotatable bonds is 3. The van der Waals surface area contributed by atoms with Crippen LogP contribution in [0, 0.1) is 5.82 Å². The number of halogens is 2. The molecule has 0 fully saturated rings. The van der Waals surface area contributed by atoms with Crippen molar-refractivity contribution in [3.8, 4) is 5.75 Å². The van der Waals surface area contributed by atoms with Crippen molar-refractivity contribution in [3.05, 3.63) is 45.4 Å². The van der Waals surface area contributed by atoms with Gasteiger partial charge in [0.1, 0.15) is 0 Å². The van der Waals surface area contributed by atoms with Gasteiger partial charge in [-0.2, -0.15) is 0 Å². The lowest BCUT2D eigenvalue weighted by molar-refractivity contribution is 0.432. The molecule has 90 valence electrons. The monoisotopic (exact) mass is 271 g/mol. The third-order valence-corrected chi connectivity index (χ3v) is 3.77. The summed E-state index contributed by atoms with van der Waals surface area (Å²) in [5.41, 5.74) is 0.623. The highest BCUT2D eigenvalue weighted by molar-refractivity contribution is 7.16.